The molecule has 2 aliphatic heterocycles. The van der Waals surface area contributed by atoms with E-state index in [-0.39, 0.29) is 17.6 Å². The number of rotatable bonds is 3. The zero-order chi connectivity index (χ0) is 19.3. The van der Waals surface area contributed by atoms with E-state index in [0.29, 0.717) is 43.0 Å². The Hall–Kier alpha value is -2.33. The summed E-state index contributed by atoms with van der Waals surface area (Å²) in [6.07, 6.45) is 2.91. The number of primary amides is 1. The number of fused-ring (bicyclic) bond motifs is 3. The van der Waals surface area contributed by atoms with Gasteiger partial charge in [-0.2, -0.15) is 22.7 Å². The molecule has 9 nitrogen and oxygen atoms in total. The van der Waals surface area contributed by atoms with Gasteiger partial charge in [-0.25, -0.2) is 9.67 Å². The van der Waals surface area contributed by atoms with Gasteiger partial charge in [0.1, 0.15) is 12.3 Å². The molecular weight excluding hydrogens is 368 g/mol. The van der Waals surface area contributed by atoms with Crippen molar-refractivity contribution in [1.82, 2.24) is 19.7 Å². The van der Waals surface area contributed by atoms with Crippen LogP contribution in [0.4, 0.5) is 5.82 Å². The van der Waals surface area contributed by atoms with E-state index in [0.717, 1.165) is 0 Å². The van der Waals surface area contributed by atoms with Gasteiger partial charge >= 0.3 is 0 Å². The third-order valence-electron chi connectivity index (χ3n) is 4.69. The van der Waals surface area contributed by atoms with Gasteiger partial charge in [0.2, 0.25) is 0 Å². The average molecular weight is 390 g/mol. The SMILES string of the molecule is C[C@@H]1COC[C@H]2COc3c(nc(-n4cc(C(N)=O)cn4)nc3C(C)(C)S)N21. The molecule has 2 aromatic heterocycles. The summed E-state index contributed by atoms with van der Waals surface area (Å²) in [6.45, 7) is 7.67. The Morgan fingerprint density at radius 3 is 2.78 bits per heavy atom. The second-order valence-corrected chi connectivity index (χ2v) is 8.50. The maximum Gasteiger partial charge on any atom is 0.253 e. The van der Waals surface area contributed by atoms with Crippen molar-refractivity contribution in [3.05, 3.63) is 23.7 Å². The van der Waals surface area contributed by atoms with Crippen LogP contribution in [-0.4, -0.2) is 57.6 Å². The van der Waals surface area contributed by atoms with Crippen molar-refractivity contribution < 1.29 is 14.3 Å². The lowest BCUT2D eigenvalue weighted by atomic mass is 10.0. The van der Waals surface area contributed by atoms with Crippen molar-refractivity contribution in [3.8, 4) is 11.7 Å². The van der Waals surface area contributed by atoms with Crippen LogP contribution in [0.25, 0.3) is 5.95 Å². The number of ether oxygens (including phenoxy) is 2. The Balaban J connectivity index is 1.89. The predicted molar refractivity (Wildman–Crippen MR) is 102 cm³/mol. The van der Waals surface area contributed by atoms with E-state index >= 15 is 0 Å². The summed E-state index contributed by atoms with van der Waals surface area (Å²) >= 11 is 4.70. The van der Waals surface area contributed by atoms with E-state index in [2.05, 4.69) is 21.9 Å². The Bertz CT molecular complexity index is 893. The number of hydrogen-bond donors (Lipinski definition) is 2. The smallest absolute Gasteiger partial charge is 0.253 e. The fourth-order valence-corrected chi connectivity index (χ4v) is 3.55. The summed E-state index contributed by atoms with van der Waals surface area (Å²) in [7, 11) is 0. The molecule has 0 unspecified atom stereocenters. The number of aromatic nitrogens is 4. The van der Waals surface area contributed by atoms with Crippen LogP contribution in [0.15, 0.2) is 12.4 Å². The van der Waals surface area contributed by atoms with E-state index in [1.54, 1.807) is 0 Å². The first-order valence-electron chi connectivity index (χ1n) is 8.74. The third kappa shape index (κ3) is 3.12. The van der Waals surface area contributed by atoms with E-state index in [1.165, 1.54) is 17.1 Å². The van der Waals surface area contributed by atoms with Gasteiger partial charge in [-0.05, 0) is 20.8 Å². The molecule has 2 aliphatic rings. The monoisotopic (exact) mass is 390 g/mol. The molecule has 0 aliphatic carbocycles. The van der Waals surface area contributed by atoms with Crippen LogP contribution in [0.2, 0.25) is 0 Å². The highest BCUT2D eigenvalue weighted by molar-refractivity contribution is 7.81. The highest BCUT2D eigenvalue weighted by Gasteiger charge is 2.39. The van der Waals surface area contributed by atoms with Crippen LogP contribution in [0.5, 0.6) is 5.75 Å². The minimum atomic E-state index is -0.566. The predicted octanol–water partition coefficient (Wildman–Crippen LogP) is 0.912. The minimum Gasteiger partial charge on any atom is -0.486 e. The van der Waals surface area contributed by atoms with Gasteiger partial charge < -0.3 is 20.1 Å². The number of carbonyl (C=O) groups excluding carboxylic acids is 1. The highest BCUT2D eigenvalue weighted by atomic mass is 32.1. The first kappa shape index (κ1) is 18.1. The van der Waals surface area contributed by atoms with E-state index in [9.17, 15) is 4.79 Å². The van der Waals surface area contributed by atoms with Crippen molar-refractivity contribution in [1.29, 1.82) is 0 Å². The Kier molecular flexibility index (Phi) is 4.26. The normalized spacial score (nSPS) is 22.0. The molecule has 0 aromatic carbocycles. The number of nitrogens with zero attached hydrogens (tertiary/aromatic N) is 5. The molecule has 144 valence electrons. The van der Waals surface area contributed by atoms with Crippen LogP contribution < -0.4 is 15.4 Å². The number of morpholine rings is 1. The molecule has 10 heteroatoms. The molecular formula is C17H22N6O3S. The maximum absolute atomic E-state index is 11.4. The fourth-order valence-electron chi connectivity index (χ4n) is 3.40. The van der Waals surface area contributed by atoms with Gasteiger partial charge in [-0.15, -0.1) is 0 Å². The van der Waals surface area contributed by atoms with Crippen LogP contribution in [0.3, 0.4) is 0 Å². The topological polar surface area (TPSA) is 108 Å². The first-order chi connectivity index (χ1) is 12.8. The second kappa shape index (κ2) is 6.38. The first-order valence-corrected chi connectivity index (χ1v) is 9.19. The van der Waals surface area contributed by atoms with Crippen LogP contribution in [0, 0.1) is 0 Å². The van der Waals surface area contributed by atoms with Crippen molar-refractivity contribution in [2.24, 2.45) is 5.73 Å². The largest absolute Gasteiger partial charge is 0.486 e. The van der Waals surface area contributed by atoms with Crippen LogP contribution in [-0.2, 0) is 9.48 Å². The zero-order valence-electron chi connectivity index (χ0n) is 15.4. The van der Waals surface area contributed by atoms with E-state index < -0.39 is 10.7 Å². The lowest BCUT2D eigenvalue weighted by molar-refractivity contribution is 0.0482. The van der Waals surface area contributed by atoms with E-state index in [4.69, 9.17) is 32.8 Å². The molecule has 1 amide bonds. The van der Waals surface area contributed by atoms with Crippen molar-refractivity contribution in [2.45, 2.75) is 37.6 Å². The van der Waals surface area contributed by atoms with Gasteiger partial charge in [0.25, 0.3) is 11.9 Å². The lowest BCUT2D eigenvalue weighted by Crippen LogP contribution is -2.56. The summed E-state index contributed by atoms with van der Waals surface area (Å²) in [5.74, 6) is 1.10. The summed E-state index contributed by atoms with van der Waals surface area (Å²) in [5, 5.41) is 4.18. The number of nitrogens with two attached hydrogens (primary N) is 1. The summed E-state index contributed by atoms with van der Waals surface area (Å²) in [4.78, 5) is 23.0. The van der Waals surface area contributed by atoms with E-state index in [1.807, 2.05) is 13.8 Å². The third-order valence-corrected chi connectivity index (χ3v) is 4.90. The number of anilines is 1. The Morgan fingerprint density at radius 1 is 1.33 bits per heavy atom. The number of amides is 1. The summed E-state index contributed by atoms with van der Waals surface area (Å²) in [6, 6.07) is 0.225. The molecule has 0 bridgehead atoms. The molecule has 4 rings (SSSR count). The van der Waals surface area contributed by atoms with Crippen molar-refractivity contribution in [3.63, 3.8) is 0 Å². The quantitative estimate of drug-likeness (QED) is 0.750. The number of hydrogen-bond acceptors (Lipinski definition) is 8. The Morgan fingerprint density at radius 2 is 2.11 bits per heavy atom. The molecule has 1 saturated heterocycles. The molecule has 2 aromatic rings. The van der Waals surface area contributed by atoms with Crippen molar-refractivity contribution in [2.75, 3.05) is 24.7 Å². The zero-order valence-corrected chi connectivity index (χ0v) is 16.3. The second-order valence-electron chi connectivity index (χ2n) is 7.38. The summed E-state index contributed by atoms with van der Waals surface area (Å²) in [5.41, 5.74) is 6.29. The molecule has 1 fully saturated rings. The minimum absolute atomic E-state index is 0.0821. The molecule has 2 atom stereocenters. The van der Waals surface area contributed by atoms with Crippen molar-refractivity contribution >= 4 is 24.4 Å². The molecule has 0 spiro atoms. The van der Waals surface area contributed by atoms with Gasteiger partial charge in [0.05, 0.1) is 41.8 Å². The highest BCUT2D eigenvalue weighted by Crippen LogP contribution is 2.43. The average Bonchev–Trinajstić information content (AvgIpc) is 3.10. The standard InChI is InChI=1S/C17H22N6O3S/c1-9-6-25-7-11-8-26-12-13(17(2,3)27)20-16(21-15(12)23(9)11)22-5-10(4-19-22)14(18)24/h4-5,9,11,27H,6-8H2,1-3H3,(H2,18,24)/t9-,11+/m1/s1. The molecule has 2 N–H and O–H groups in total. The fraction of sp³-hybridized carbons (Fsp3) is 0.529. The molecule has 27 heavy (non-hydrogen) atoms. The molecule has 4 heterocycles. The van der Waals surface area contributed by atoms with Gasteiger partial charge in [0, 0.05) is 6.20 Å². The maximum atomic E-state index is 11.4. The van der Waals surface area contributed by atoms with Gasteiger partial charge in [-0.1, -0.05) is 0 Å². The number of thiol groups is 1. The molecule has 0 radical (unpaired) electrons. The Labute approximate surface area is 162 Å². The van der Waals surface area contributed by atoms with Gasteiger partial charge in [0.15, 0.2) is 11.6 Å². The van der Waals surface area contributed by atoms with Crippen LogP contribution in [0.1, 0.15) is 36.8 Å². The number of carbonyl (C=O) groups is 1. The van der Waals surface area contributed by atoms with Gasteiger partial charge in [-0.3, -0.25) is 4.79 Å². The summed E-state index contributed by atoms with van der Waals surface area (Å²) < 4.78 is 12.6. The molecule has 0 saturated carbocycles. The lowest BCUT2D eigenvalue weighted by Gasteiger charge is -2.45. The van der Waals surface area contributed by atoms with Crippen LogP contribution >= 0.6 is 12.6 Å².